The quantitative estimate of drug-likeness (QED) is 0.879. The minimum absolute atomic E-state index is 0.122. The summed E-state index contributed by atoms with van der Waals surface area (Å²) in [6.45, 7) is 0. The fourth-order valence-electron chi connectivity index (χ4n) is 3.91. The number of hydrogen-bond acceptors (Lipinski definition) is 3. The zero-order chi connectivity index (χ0) is 14.7. The molecule has 3 nitrogen and oxygen atoms in total. The number of aryl methyl sites for hydroxylation is 1. The lowest BCUT2D eigenvalue weighted by Gasteiger charge is -2.32. The van der Waals surface area contributed by atoms with Gasteiger partial charge in [0, 0.05) is 11.5 Å². The van der Waals surface area contributed by atoms with Gasteiger partial charge in [-0.3, -0.25) is 0 Å². The SMILES string of the molecule is NC1(C2CS(=O)(=O)c3ccccc32)CCc2ccccc21. The normalized spacial score (nSPS) is 29.1. The van der Waals surface area contributed by atoms with E-state index < -0.39 is 15.4 Å². The first-order chi connectivity index (χ1) is 10.0. The van der Waals surface area contributed by atoms with Crippen LogP contribution in [-0.2, 0) is 21.8 Å². The minimum Gasteiger partial charge on any atom is -0.321 e. The Morgan fingerprint density at radius 3 is 2.62 bits per heavy atom. The second-order valence-electron chi connectivity index (χ2n) is 6.07. The fourth-order valence-corrected chi connectivity index (χ4v) is 5.86. The van der Waals surface area contributed by atoms with E-state index in [0.717, 1.165) is 24.0 Å². The van der Waals surface area contributed by atoms with E-state index in [9.17, 15) is 8.42 Å². The Hall–Kier alpha value is -1.65. The molecule has 0 bridgehead atoms. The van der Waals surface area contributed by atoms with Crippen molar-refractivity contribution < 1.29 is 8.42 Å². The van der Waals surface area contributed by atoms with Crippen LogP contribution in [0.15, 0.2) is 53.4 Å². The number of fused-ring (bicyclic) bond motifs is 2. The van der Waals surface area contributed by atoms with Crippen LogP contribution in [0.5, 0.6) is 0 Å². The van der Waals surface area contributed by atoms with Crippen LogP contribution >= 0.6 is 0 Å². The molecule has 21 heavy (non-hydrogen) atoms. The van der Waals surface area contributed by atoms with Crippen LogP contribution in [0.1, 0.15) is 29.0 Å². The average molecular weight is 299 g/mol. The molecule has 4 rings (SSSR count). The van der Waals surface area contributed by atoms with Crippen molar-refractivity contribution in [3.63, 3.8) is 0 Å². The summed E-state index contributed by atoms with van der Waals surface area (Å²) in [4.78, 5) is 0.462. The Bertz CT molecular complexity index is 828. The largest absolute Gasteiger partial charge is 0.321 e. The molecule has 0 fully saturated rings. The van der Waals surface area contributed by atoms with Gasteiger partial charge < -0.3 is 5.73 Å². The highest BCUT2D eigenvalue weighted by Gasteiger charge is 2.49. The van der Waals surface area contributed by atoms with Gasteiger partial charge in [-0.05, 0) is 35.6 Å². The number of benzene rings is 2. The molecule has 2 N–H and O–H groups in total. The molecule has 2 aromatic carbocycles. The third-order valence-electron chi connectivity index (χ3n) is 4.96. The van der Waals surface area contributed by atoms with E-state index >= 15 is 0 Å². The van der Waals surface area contributed by atoms with Crippen LogP contribution in [0.4, 0.5) is 0 Å². The molecule has 0 radical (unpaired) electrons. The number of sulfone groups is 1. The van der Waals surface area contributed by atoms with Crippen molar-refractivity contribution in [2.75, 3.05) is 5.75 Å². The van der Waals surface area contributed by atoms with Gasteiger partial charge in [0.25, 0.3) is 0 Å². The summed E-state index contributed by atoms with van der Waals surface area (Å²) in [5.41, 5.74) is 9.42. The molecule has 2 atom stereocenters. The van der Waals surface area contributed by atoms with Crippen molar-refractivity contribution in [2.45, 2.75) is 29.2 Å². The Labute approximate surface area is 124 Å². The van der Waals surface area contributed by atoms with Crippen LogP contribution in [0.25, 0.3) is 0 Å². The topological polar surface area (TPSA) is 60.2 Å². The molecule has 0 aromatic heterocycles. The van der Waals surface area contributed by atoms with Crippen molar-refractivity contribution in [3.8, 4) is 0 Å². The number of hydrogen-bond donors (Lipinski definition) is 1. The van der Waals surface area contributed by atoms with Crippen LogP contribution in [0, 0.1) is 0 Å². The van der Waals surface area contributed by atoms with E-state index in [1.165, 1.54) is 5.56 Å². The third-order valence-corrected chi connectivity index (χ3v) is 6.78. The Balaban J connectivity index is 1.90. The summed E-state index contributed by atoms with van der Waals surface area (Å²) in [7, 11) is -3.21. The van der Waals surface area contributed by atoms with Crippen molar-refractivity contribution in [2.24, 2.45) is 5.73 Å². The molecule has 2 unspecified atom stereocenters. The molecule has 2 aliphatic rings. The smallest absolute Gasteiger partial charge is 0.179 e. The molecule has 1 aliphatic heterocycles. The minimum atomic E-state index is -3.21. The van der Waals surface area contributed by atoms with Crippen molar-refractivity contribution in [1.29, 1.82) is 0 Å². The second kappa shape index (κ2) is 4.18. The van der Waals surface area contributed by atoms with Gasteiger partial charge in [0.1, 0.15) is 0 Å². The highest BCUT2D eigenvalue weighted by molar-refractivity contribution is 7.91. The Kier molecular flexibility index (Phi) is 2.60. The standard InChI is InChI=1S/C17H17NO2S/c18-17(10-9-12-5-1-3-7-14(12)17)15-11-21(19,20)16-8-4-2-6-13(15)16/h1-8,15H,9-11,18H2. The maximum atomic E-state index is 12.4. The second-order valence-corrected chi connectivity index (χ2v) is 8.07. The lowest BCUT2D eigenvalue weighted by Crippen LogP contribution is -2.41. The van der Waals surface area contributed by atoms with Crippen molar-refractivity contribution in [1.82, 2.24) is 0 Å². The van der Waals surface area contributed by atoms with Crippen molar-refractivity contribution in [3.05, 3.63) is 65.2 Å². The van der Waals surface area contributed by atoms with E-state index in [2.05, 4.69) is 12.1 Å². The number of nitrogens with two attached hydrogens (primary N) is 1. The summed E-state index contributed by atoms with van der Waals surface area (Å²) in [6, 6.07) is 15.5. The summed E-state index contributed by atoms with van der Waals surface area (Å²) in [6.07, 6.45) is 1.73. The van der Waals surface area contributed by atoms with Crippen LogP contribution in [0.2, 0.25) is 0 Å². The molecule has 1 aliphatic carbocycles. The van der Waals surface area contributed by atoms with E-state index in [0.29, 0.717) is 4.90 Å². The molecule has 0 spiro atoms. The van der Waals surface area contributed by atoms with E-state index in [1.807, 2.05) is 24.3 Å². The first-order valence-electron chi connectivity index (χ1n) is 7.21. The van der Waals surface area contributed by atoms with Gasteiger partial charge in [0.2, 0.25) is 0 Å². The van der Waals surface area contributed by atoms with Gasteiger partial charge in [-0.2, -0.15) is 0 Å². The van der Waals surface area contributed by atoms with Crippen LogP contribution in [-0.4, -0.2) is 14.2 Å². The third kappa shape index (κ3) is 1.72. The Morgan fingerprint density at radius 1 is 1.05 bits per heavy atom. The molecule has 0 saturated carbocycles. The lowest BCUT2D eigenvalue weighted by atomic mass is 9.77. The molecule has 0 amide bonds. The summed E-state index contributed by atoms with van der Waals surface area (Å²) >= 11 is 0. The fraction of sp³-hybridized carbons (Fsp3) is 0.294. The van der Waals surface area contributed by atoms with Gasteiger partial charge in [-0.15, -0.1) is 0 Å². The highest BCUT2D eigenvalue weighted by atomic mass is 32.2. The zero-order valence-corrected chi connectivity index (χ0v) is 12.4. The van der Waals surface area contributed by atoms with E-state index in [-0.39, 0.29) is 11.7 Å². The molecular formula is C17H17NO2S. The molecule has 4 heteroatoms. The predicted octanol–water partition coefficient (Wildman–Crippen LogP) is 2.36. The van der Waals surface area contributed by atoms with E-state index in [1.54, 1.807) is 12.1 Å². The Morgan fingerprint density at radius 2 is 1.76 bits per heavy atom. The molecular weight excluding hydrogens is 282 g/mol. The maximum absolute atomic E-state index is 12.4. The van der Waals surface area contributed by atoms with Gasteiger partial charge >= 0.3 is 0 Å². The molecule has 2 aromatic rings. The summed E-state index contributed by atoms with van der Waals surface area (Å²) < 4.78 is 24.8. The average Bonchev–Trinajstić information content (AvgIpc) is 2.97. The first kappa shape index (κ1) is 13.0. The predicted molar refractivity (Wildman–Crippen MR) is 81.9 cm³/mol. The monoisotopic (exact) mass is 299 g/mol. The maximum Gasteiger partial charge on any atom is 0.179 e. The number of rotatable bonds is 1. The molecule has 108 valence electrons. The summed E-state index contributed by atoms with van der Waals surface area (Å²) in [5.74, 6) is -0.0284. The zero-order valence-electron chi connectivity index (χ0n) is 11.6. The van der Waals surface area contributed by atoms with Gasteiger partial charge in [0.05, 0.1) is 10.6 Å². The molecule has 1 heterocycles. The van der Waals surface area contributed by atoms with E-state index in [4.69, 9.17) is 5.73 Å². The van der Waals surface area contributed by atoms with Gasteiger partial charge in [-0.1, -0.05) is 42.5 Å². The van der Waals surface area contributed by atoms with Gasteiger partial charge in [0.15, 0.2) is 9.84 Å². The van der Waals surface area contributed by atoms with Crippen molar-refractivity contribution >= 4 is 9.84 Å². The summed E-state index contributed by atoms with van der Waals surface area (Å²) in [5, 5.41) is 0. The van der Waals surface area contributed by atoms with Crippen LogP contribution in [0.3, 0.4) is 0 Å². The van der Waals surface area contributed by atoms with Crippen LogP contribution < -0.4 is 5.73 Å². The highest BCUT2D eigenvalue weighted by Crippen LogP contribution is 2.49. The lowest BCUT2D eigenvalue weighted by molar-refractivity contribution is 0.374. The van der Waals surface area contributed by atoms with Gasteiger partial charge in [-0.25, -0.2) is 8.42 Å². The molecule has 0 saturated heterocycles. The first-order valence-corrected chi connectivity index (χ1v) is 8.86.